The normalized spacial score (nSPS) is 16.5. The van der Waals surface area contributed by atoms with Gasteiger partial charge in [-0.1, -0.05) is 60.7 Å². The average molecular weight is 469 g/mol. The summed E-state index contributed by atoms with van der Waals surface area (Å²) in [5.41, 5.74) is 2.74. The van der Waals surface area contributed by atoms with E-state index in [4.69, 9.17) is 4.74 Å². The minimum atomic E-state index is -0.492. The van der Waals surface area contributed by atoms with Crippen LogP contribution in [0.4, 0.5) is 10.5 Å². The van der Waals surface area contributed by atoms with Crippen LogP contribution in [0, 0.1) is 11.8 Å². The molecular weight excluding hydrogens is 444 g/mol. The first-order chi connectivity index (χ1) is 17.1. The average Bonchev–Trinajstić information content (AvgIpc) is 3.67. The fraction of sp³-hybridized carbons (Fsp3) is 0.185. The molecule has 0 spiro atoms. The summed E-state index contributed by atoms with van der Waals surface area (Å²) in [6, 6.07) is 24.1. The lowest BCUT2D eigenvalue weighted by Crippen LogP contribution is -2.27. The molecule has 1 unspecified atom stereocenters. The second-order valence-electron chi connectivity index (χ2n) is 8.56. The van der Waals surface area contributed by atoms with Crippen LogP contribution in [0.25, 0.3) is 22.0 Å². The molecule has 0 radical (unpaired) electrons. The number of aromatic amines is 1. The Morgan fingerprint density at radius 1 is 0.971 bits per heavy atom. The highest BCUT2D eigenvalue weighted by Gasteiger charge is 2.43. The summed E-state index contributed by atoms with van der Waals surface area (Å²) in [5.74, 6) is -0.182. The molecule has 1 saturated carbocycles. The van der Waals surface area contributed by atoms with Gasteiger partial charge in [0, 0.05) is 29.1 Å². The summed E-state index contributed by atoms with van der Waals surface area (Å²) in [6.07, 6.45) is 0.213. The standard InChI is InChI=1S/C27H24N4O4/c32-25(23-14-19(23)15-28-27(34)35-16-17-7-2-1-3-8-17)29-20-10-6-9-18(13-20)24-21-11-4-5-12-22(21)26(33)31-30-24/h1-13,19,23H,14-16H2,(H,28,34)(H,29,32)(H,31,33)/t19-,23?/m1/s1. The molecule has 176 valence electrons. The molecule has 1 aliphatic carbocycles. The highest BCUT2D eigenvalue weighted by molar-refractivity contribution is 5.97. The lowest BCUT2D eigenvalue weighted by Gasteiger charge is -2.09. The van der Waals surface area contributed by atoms with Crippen molar-refractivity contribution in [2.24, 2.45) is 11.8 Å². The number of nitrogens with zero attached hydrogens (tertiary/aromatic N) is 1. The topological polar surface area (TPSA) is 113 Å². The van der Waals surface area contributed by atoms with Gasteiger partial charge in [0.2, 0.25) is 5.91 Å². The van der Waals surface area contributed by atoms with Gasteiger partial charge >= 0.3 is 6.09 Å². The predicted octanol–water partition coefficient (Wildman–Crippen LogP) is 4.09. The van der Waals surface area contributed by atoms with E-state index in [0.717, 1.165) is 16.5 Å². The molecule has 1 aromatic heterocycles. The smallest absolute Gasteiger partial charge is 0.407 e. The van der Waals surface area contributed by atoms with Gasteiger partial charge in [-0.15, -0.1) is 0 Å². The zero-order chi connectivity index (χ0) is 24.2. The molecule has 0 bridgehead atoms. The minimum Gasteiger partial charge on any atom is -0.445 e. The first kappa shape index (κ1) is 22.3. The Bertz CT molecular complexity index is 1430. The predicted molar refractivity (Wildman–Crippen MR) is 133 cm³/mol. The number of rotatable bonds is 7. The van der Waals surface area contributed by atoms with Crippen molar-refractivity contribution in [3.63, 3.8) is 0 Å². The van der Waals surface area contributed by atoms with E-state index in [1.807, 2.05) is 72.8 Å². The van der Waals surface area contributed by atoms with Crippen LogP contribution in [0.1, 0.15) is 12.0 Å². The molecule has 0 saturated heterocycles. The summed E-state index contributed by atoms with van der Waals surface area (Å²) in [4.78, 5) is 36.7. The summed E-state index contributed by atoms with van der Waals surface area (Å²) >= 11 is 0. The second-order valence-corrected chi connectivity index (χ2v) is 8.56. The molecule has 2 atom stereocenters. The van der Waals surface area contributed by atoms with Crippen molar-refractivity contribution in [3.05, 3.63) is 94.8 Å². The van der Waals surface area contributed by atoms with Gasteiger partial charge in [0.15, 0.2) is 0 Å². The zero-order valence-corrected chi connectivity index (χ0v) is 18.9. The summed E-state index contributed by atoms with van der Waals surface area (Å²) < 4.78 is 5.21. The number of nitrogens with one attached hydrogen (secondary N) is 3. The van der Waals surface area contributed by atoms with Crippen LogP contribution in [-0.2, 0) is 16.1 Å². The van der Waals surface area contributed by atoms with Gasteiger partial charge in [-0.2, -0.15) is 5.10 Å². The maximum absolute atomic E-state index is 12.7. The lowest BCUT2D eigenvalue weighted by molar-refractivity contribution is -0.117. The molecule has 8 nitrogen and oxygen atoms in total. The van der Waals surface area contributed by atoms with E-state index in [0.29, 0.717) is 29.7 Å². The quantitative estimate of drug-likeness (QED) is 0.378. The van der Waals surface area contributed by atoms with Crippen molar-refractivity contribution in [2.45, 2.75) is 13.0 Å². The third-order valence-electron chi connectivity index (χ3n) is 6.08. The molecule has 1 aliphatic rings. The number of benzene rings is 3. The zero-order valence-electron chi connectivity index (χ0n) is 18.9. The van der Waals surface area contributed by atoms with Crippen molar-refractivity contribution < 1.29 is 14.3 Å². The fourth-order valence-electron chi connectivity index (χ4n) is 4.10. The Morgan fingerprint density at radius 2 is 1.74 bits per heavy atom. The molecule has 8 heteroatoms. The van der Waals surface area contributed by atoms with Gasteiger partial charge in [0.05, 0.1) is 11.1 Å². The molecule has 3 aromatic carbocycles. The number of amides is 2. The van der Waals surface area contributed by atoms with Gasteiger partial charge in [0.25, 0.3) is 5.56 Å². The molecular formula is C27H24N4O4. The summed E-state index contributed by atoms with van der Waals surface area (Å²) in [6.45, 7) is 0.593. The van der Waals surface area contributed by atoms with E-state index < -0.39 is 6.09 Å². The van der Waals surface area contributed by atoms with Crippen LogP contribution in [-0.4, -0.2) is 28.7 Å². The van der Waals surface area contributed by atoms with Crippen LogP contribution in [0.3, 0.4) is 0 Å². The number of hydrogen-bond donors (Lipinski definition) is 3. The van der Waals surface area contributed by atoms with Gasteiger partial charge in [-0.25, -0.2) is 9.89 Å². The van der Waals surface area contributed by atoms with Crippen LogP contribution in [0.5, 0.6) is 0 Å². The van der Waals surface area contributed by atoms with Crippen molar-refractivity contribution in [1.29, 1.82) is 0 Å². The molecule has 1 heterocycles. The van der Waals surface area contributed by atoms with Crippen LogP contribution in [0.2, 0.25) is 0 Å². The van der Waals surface area contributed by atoms with Crippen LogP contribution in [0.15, 0.2) is 83.7 Å². The first-order valence-corrected chi connectivity index (χ1v) is 11.4. The lowest BCUT2D eigenvalue weighted by atomic mass is 10.0. The number of carbonyl (C=O) groups excluding carboxylic acids is 2. The Labute approximate surface area is 201 Å². The Hall–Kier alpha value is -4.46. The third kappa shape index (κ3) is 5.22. The second kappa shape index (κ2) is 9.80. The van der Waals surface area contributed by atoms with E-state index >= 15 is 0 Å². The number of aromatic nitrogens is 2. The van der Waals surface area contributed by atoms with Gasteiger partial charge in [-0.3, -0.25) is 9.59 Å². The van der Waals surface area contributed by atoms with Crippen molar-refractivity contribution in [3.8, 4) is 11.3 Å². The molecule has 1 fully saturated rings. The SMILES string of the molecule is O=C(NC[C@H]1CC1C(=O)Nc1cccc(-c2n[nH]c(=O)c3ccccc23)c1)OCc1ccccc1. The van der Waals surface area contributed by atoms with E-state index in [1.54, 1.807) is 6.07 Å². The number of alkyl carbamates (subject to hydrolysis) is 1. The van der Waals surface area contributed by atoms with E-state index in [2.05, 4.69) is 20.8 Å². The maximum atomic E-state index is 12.7. The van der Waals surface area contributed by atoms with Gasteiger partial charge in [-0.05, 0) is 36.1 Å². The molecule has 5 rings (SSSR count). The number of fused-ring (bicyclic) bond motifs is 1. The van der Waals surface area contributed by atoms with Crippen molar-refractivity contribution >= 4 is 28.5 Å². The third-order valence-corrected chi connectivity index (χ3v) is 6.08. The van der Waals surface area contributed by atoms with Gasteiger partial charge in [0.1, 0.15) is 6.61 Å². The van der Waals surface area contributed by atoms with E-state index in [-0.39, 0.29) is 29.9 Å². The molecule has 4 aromatic rings. The fourth-order valence-corrected chi connectivity index (χ4v) is 4.10. The highest BCUT2D eigenvalue weighted by atomic mass is 16.5. The first-order valence-electron chi connectivity index (χ1n) is 11.4. The molecule has 0 aliphatic heterocycles. The van der Waals surface area contributed by atoms with Crippen molar-refractivity contribution in [1.82, 2.24) is 15.5 Å². The van der Waals surface area contributed by atoms with E-state index in [1.165, 1.54) is 0 Å². The number of carbonyl (C=O) groups is 2. The van der Waals surface area contributed by atoms with Crippen LogP contribution >= 0.6 is 0 Å². The number of anilines is 1. The number of hydrogen-bond acceptors (Lipinski definition) is 5. The minimum absolute atomic E-state index is 0.0762. The van der Waals surface area contributed by atoms with Gasteiger partial charge < -0.3 is 15.4 Å². The molecule has 2 amide bonds. The maximum Gasteiger partial charge on any atom is 0.407 e. The summed E-state index contributed by atoms with van der Waals surface area (Å²) in [7, 11) is 0. The van der Waals surface area contributed by atoms with Crippen LogP contribution < -0.4 is 16.2 Å². The van der Waals surface area contributed by atoms with E-state index in [9.17, 15) is 14.4 Å². The highest BCUT2D eigenvalue weighted by Crippen LogP contribution is 2.39. The monoisotopic (exact) mass is 468 g/mol. The Morgan fingerprint density at radius 3 is 2.57 bits per heavy atom. The number of ether oxygens (including phenoxy) is 1. The largest absolute Gasteiger partial charge is 0.445 e. The Balaban J connectivity index is 1.16. The molecule has 35 heavy (non-hydrogen) atoms. The van der Waals surface area contributed by atoms with Crippen molar-refractivity contribution in [2.75, 3.05) is 11.9 Å². The number of H-pyrrole nitrogens is 1. The molecule has 3 N–H and O–H groups in total. The Kier molecular flexibility index (Phi) is 6.26. The summed E-state index contributed by atoms with van der Waals surface area (Å²) in [5, 5.41) is 13.8.